The second-order valence-corrected chi connectivity index (χ2v) is 21.1. The van der Waals surface area contributed by atoms with Crippen molar-refractivity contribution in [3.05, 3.63) is 240 Å². The maximum atomic E-state index is 6.72. The van der Waals surface area contributed by atoms with E-state index in [9.17, 15) is 0 Å². The summed E-state index contributed by atoms with van der Waals surface area (Å²) in [4.78, 5) is 0. The largest absolute Gasteiger partial charge is 0.454 e. The van der Waals surface area contributed by atoms with Gasteiger partial charge in [0.15, 0.2) is 5.58 Å². The minimum absolute atomic E-state index is 0.00164. The first-order chi connectivity index (χ1) is 34.4. The van der Waals surface area contributed by atoms with Gasteiger partial charge in [0.2, 0.25) is 0 Å². The fourth-order valence-corrected chi connectivity index (χ4v) is 13.3. The molecule has 5 atom stereocenters. The van der Waals surface area contributed by atoms with Crippen LogP contribution in [0.25, 0.3) is 76.8 Å². The predicted molar refractivity (Wildman–Crippen MR) is 294 cm³/mol. The fourth-order valence-electron chi connectivity index (χ4n) is 13.3. The van der Waals surface area contributed by atoms with E-state index < -0.39 is 0 Å². The average Bonchev–Trinajstić information content (AvgIpc) is 4.13. The van der Waals surface area contributed by atoms with Gasteiger partial charge in [-0.05, 0) is 131 Å². The summed E-state index contributed by atoms with van der Waals surface area (Å²) in [5, 5.41) is 7.49. The quantitative estimate of drug-likeness (QED) is 0.149. The van der Waals surface area contributed by atoms with Crippen LogP contribution in [0, 0.1) is 17.8 Å². The summed E-state index contributed by atoms with van der Waals surface area (Å²) < 4.78 is 11.7. The molecule has 5 unspecified atom stereocenters. The Morgan fingerprint density at radius 1 is 0.600 bits per heavy atom. The summed E-state index contributed by atoms with van der Waals surface area (Å²) in [6.45, 7) is 7.35. The van der Waals surface area contributed by atoms with Crippen LogP contribution in [0.5, 0.6) is 0 Å². The highest BCUT2D eigenvalue weighted by Crippen LogP contribution is 2.53. The summed E-state index contributed by atoms with van der Waals surface area (Å²) in [6.07, 6.45) is 24.5. The third kappa shape index (κ3) is 6.33. The number of benzene rings is 7. The van der Waals surface area contributed by atoms with Crippen molar-refractivity contribution in [2.45, 2.75) is 63.8 Å². The van der Waals surface area contributed by atoms with E-state index in [1.165, 1.54) is 99.1 Å². The van der Waals surface area contributed by atoms with E-state index in [0.717, 1.165) is 36.8 Å². The Morgan fingerprint density at radius 3 is 2.11 bits per heavy atom. The van der Waals surface area contributed by atoms with Crippen molar-refractivity contribution in [2.75, 3.05) is 0 Å². The molecule has 3 heterocycles. The molecule has 0 N–H and O–H groups in total. The molecule has 10 aromatic rings. The molecule has 4 aliphatic carbocycles. The van der Waals surface area contributed by atoms with Gasteiger partial charge in [-0.3, -0.25) is 0 Å². The van der Waals surface area contributed by atoms with Crippen LogP contribution in [0.2, 0.25) is 0 Å². The topological polar surface area (TPSA) is 23.0 Å². The lowest BCUT2D eigenvalue weighted by Crippen LogP contribution is -2.23. The number of allylic oxidation sites excluding steroid dienone is 12. The van der Waals surface area contributed by atoms with E-state index in [1.54, 1.807) is 0 Å². The molecule has 0 fully saturated rings. The number of rotatable bonds is 8. The molecule has 0 radical (unpaired) electrons. The standard InChI is InChI=1S/C67H56N2O/c1-42(44-30-33-49(34-31-44)69-62-23-13-8-18-52(62)55-36-37-56-54-20-10-14-24-64(54)70-66(56)65(55)69)57(39-43-25-35-51-50-17-7-11-21-59(50)67(2,3)60(51)40-43)46-28-26-45(27-29-46)47-32-38-63-58(41-47)53-19-9-12-22-61(53)68(63)48-15-5-4-6-16-48/h4-24,26,28-33,35-38,40-43,45,49,57H,25,27,34,39H2,1-3H3. The number of hydrogen-bond donors (Lipinski definition) is 0. The Bertz CT molecular complexity index is 3970. The van der Waals surface area contributed by atoms with Crippen molar-refractivity contribution in [3.63, 3.8) is 0 Å². The molecule has 70 heavy (non-hydrogen) atoms. The second-order valence-electron chi connectivity index (χ2n) is 21.1. The number of para-hydroxylation sites is 4. The normalized spacial score (nSPS) is 20.5. The van der Waals surface area contributed by atoms with Crippen LogP contribution in [0.3, 0.4) is 0 Å². The zero-order chi connectivity index (χ0) is 46.7. The minimum Gasteiger partial charge on any atom is -0.454 e. The molecule has 3 nitrogen and oxygen atoms in total. The predicted octanol–water partition coefficient (Wildman–Crippen LogP) is 17.9. The minimum atomic E-state index is -0.00164. The van der Waals surface area contributed by atoms with Crippen LogP contribution >= 0.6 is 0 Å². The smallest absolute Gasteiger partial charge is 0.159 e. The average molecular weight is 905 g/mol. The number of fused-ring (bicyclic) bond motifs is 13. The van der Waals surface area contributed by atoms with Gasteiger partial charge in [0.25, 0.3) is 0 Å². The van der Waals surface area contributed by atoms with E-state index in [4.69, 9.17) is 4.42 Å². The van der Waals surface area contributed by atoms with Gasteiger partial charge < -0.3 is 13.6 Å². The van der Waals surface area contributed by atoms with Gasteiger partial charge in [-0.25, -0.2) is 0 Å². The molecule has 340 valence electrons. The number of nitrogens with zero attached hydrogens (tertiary/aromatic N) is 2. The summed E-state index contributed by atoms with van der Waals surface area (Å²) >= 11 is 0. The molecule has 7 aromatic carbocycles. The van der Waals surface area contributed by atoms with Crippen LogP contribution in [0.15, 0.2) is 227 Å². The molecule has 4 aliphatic rings. The van der Waals surface area contributed by atoms with Crippen molar-refractivity contribution < 1.29 is 4.42 Å². The number of furan rings is 1. The monoisotopic (exact) mass is 904 g/mol. The molecule has 0 saturated carbocycles. The molecule has 0 saturated heterocycles. The lowest BCUT2D eigenvalue weighted by molar-refractivity contribution is 0.386. The molecule has 14 rings (SSSR count). The molecular weight excluding hydrogens is 849 g/mol. The van der Waals surface area contributed by atoms with Crippen molar-refractivity contribution in [1.29, 1.82) is 0 Å². The third-order valence-corrected chi connectivity index (χ3v) is 16.9. The molecule has 3 heteroatoms. The van der Waals surface area contributed by atoms with Crippen LogP contribution in [-0.2, 0) is 5.41 Å². The van der Waals surface area contributed by atoms with Crippen molar-refractivity contribution in [1.82, 2.24) is 9.13 Å². The van der Waals surface area contributed by atoms with Crippen LogP contribution in [0.1, 0.15) is 75.1 Å². The molecule has 0 spiro atoms. The zero-order valence-corrected chi connectivity index (χ0v) is 40.1. The number of hydrogen-bond acceptors (Lipinski definition) is 1. The van der Waals surface area contributed by atoms with Gasteiger partial charge in [-0.1, -0.05) is 179 Å². The summed E-state index contributed by atoms with van der Waals surface area (Å²) in [5.41, 5.74) is 18.2. The van der Waals surface area contributed by atoms with Gasteiger partial charge in [0.05, 0.1) is 22.6 Å². The van der Waals surface area contributed by atoms with Crippen molar-refractivity contribution in [3.8, 4) is 5.69 Å². The maximum absolute atomic E-state index is 6.72. The molecule has 0 bridgehead atoms. The van der Waals surface area contributed by atoms with Crippen LogP contribution in [-0.4, -0.2) is 9.13 Å². The first-order valence-corrected chi connectivity index (χ1v) is 25.6. The van der Waals surface area contributed by atoms with Crippen LogP contribution in [0.4, 0.5) is 0 Å². The highest BCUT2D eigenvalue weighted by molar-refractivity contribution is 6.21. The lowest BCUT2D eigenvalue weighted by Gasteiger charge is -2.34. The summed E-state index contributed by atoms with van der Waals surface area (Å²) in [5.74, 6) is 1.48. The third-order valence-electron chi connectivity index (χ3n) is 16.9. The van der Waals surface area contributed by atoms with Gasteiger partial charge >= 0.3 is 0 Å². The zero-order valence-electron chi connectivity index (χ0n) is 40.1. The van der Waals surface area contributed by atoms with Crippen LogP contribution < -0.4 is 0 Å². The molecule has 0 amide bonds. The first kappa shape index (κ1) is 41.4. The van der Waals surface area contributed by atoms with Gasteiger partial charge in [-0.2, -0.15) is 0 Å². The highest BCUT2D eigenvalue weighted by Gasteiger charge is 2.40. The van der Waals surface area contributed by atoms with E-state index in [2.05, 4.69) is 236 Å². The maximum Gasteiger partial charge on any atom is 0.159 e. The first-order valence-electron chi connectivity index (χ1n) is 25.6. The van der Waals surface area contributed by atoms with Gasteiger partial charge in [0, 0.05) is 54.9 Å². The Balaban J connectivity index is 0.801. The van der Waals surface area contributed by atoms with E-state index >= 15 is 0 Å². The van der Waals surface area contributed by atoms with E-state index in [0.29, 0.717) is 23.7 Å². The molecule has 0 aliphatic heterocycles. The Kier molecular flexibility index (Phi) is 9.44. The Labute approximate surface area is 409 Å². The van der Waals surface area contributed by atoms with Gasteiger partial charge in [0.1, 0.15) is 5.58 Å². The summed E-state index contributed by atoms with van der Waals surface area (Å²) in [6, 6.07) is 58.0. The Hall–Kier alpha value is -7.62. The highest BCUT2D eigenvalue weighted by atomic mass is 16.3. The Morgan fingerprint density at radius 2 is 1.30 bits per heavy atom. The SMILES string of the molecule is CC(C1=CCC(n2c3ccccc3c3ccc4c5ccccc5oc4c32)C=C1)C(CC1C=C2C(=CC1)c1ccccc1C2(C)C)C1=CCC(c2ccc3c(c2)c2ccccc2n3-c2ccccc2)C=C1. The van der Waals surface area contributed by atoms with E-state index in [-0.39, 0.29) is 11.5 Å². The van der Waals surface area contributed by atoms with Crippen molar-refractivity contribution >= 4 is 71.1 Å². The summed E-state index contributed by atoms with van der Waals surface area (Å²) in [7, 11) is 0. The van der Waals surface area contributed by atoms with Crippen molar-refractivity contribution in [2.24, 2.45) is 17.8 Å². The lowest BCUT2D eigenvalue weighted by atomic mass is 9.71. The number of aromatic nitrogens is 2. The molecule has 3 aromatic heterocycles. The second kappa shape index (κ2) is 16.0. The van der Waals surface area contributed by atoms with Gasteiger partial charge in [-0.15, -0.1) is 0 Å². The molecular formula is C67H56N2O. The van der Waals surface area contributed by atoms with E-state index in [1.807, 2.05) is 0 Å². The fraction of sp³-hybridized carbons (Fsp3) is 0.194.